The summed E-state index contributed by atoms with van der Waals surface area (Å²) in [5.74, 6) is 1.25. The molecule has 1 saturated heterocycles. The van der Waals surface area contributed by atoms with Crippen LogP contribution in [0.4, 0.5) is 11.8 Å². The lowest BCUT2D eigenvalue weighted by atomic mass is 10.2. The van der Waals surface area contributed by atoms with E-state index >= 15 is 0 Å². The number of anilines is 2. The molecule has 0 saturated carbocycles. The number of aryl methyl sites for hydroxylation is 1. The van der Waals surface area contributed by atoms with Gasteiger partial charge in [0.15, 0.2) is 9.84 Å². The van der Waals surface area contributed by atoms with Gasteiger partial charge in [0, 0.05) is 19.3 Å². The Labute approximate surface area is 122 Å². The van der Waals surface area contributed by atoms with Gasteiger partial charge in [0.2, 0.25) is 5.95 Å². The molecule has 2 aromatic rings. The third-order valence-corrected chi connectivity index (χ3v) is 5.25. The van der Waals surface area contributed by atoms with Gasteiger partial charge in [0.25, 0.3) is 0 Å². The van der Waals surface area contributed by atoms with E-state index in [1.165, 1.54) is 0 Å². The molecule has 1 fully saturated rings. The first kappa shape index (κ1) is 13.8. The molecule has 2 aromatic heterocycles. The number of hydrogen-bond donors (Lipinski definition) is 2. The fourth-order valence-corrected chi connectivity index (χ4v) is 3.99. The van der Waals surface area contributed by atoms with Gasteiger partial charge in [-0.1, -0.05) is 0 Å². The van der Waals surface area contributed by atoms with Crippen molar-refractivity contribution in [2.24, 2.45) is 7.05 Å². The molecule has 0 aliphatic carbocycles. The average molecular weight is 308 g/mol. The highest BCUT2D eigenvalue weighted by atomic mass is 32.2. The second kappa shape index (κ2) is 4.99. The first-order valence-corrected chi connectivity index (χ1v) is 8.34. The van der Waals surface area contributed by atoms with Crippen LogP contribution >= 0.6 is 0 Å². The number of nitrogens with one attached hydrogen (secondary N) is 1. The minimum absolute atomic E-state index is 0.121. The van der Waals surface area contributed by atoms with E-state index in [-0.39, 0.29) is 17.5 Å². The van der Waals surface area contributed by atoms with Crippen molar-refractivity contribution in [1.29, 1.82) is 0 Å². The average Bonchev–Trinajstić information content (AvgIpc) is 2.94. The number of hydrogen-bond acceptors (Lipinski definition) is 7. The van der Waals surface area contributed by atoms with Gasteiger partial charge in [-0.3, -0.25) is 4.68 Å². The second-order valence-electron chi connectivity index (χ2n) is 5.08. The van der Waals surface area contributed by atoms with Crippen LogP contribution in [0.5, 0.6) is 0 Å². The van der Waals surface area contributed by atoms with E-state index in [1.54, 1.807) is 30.2 Å². The molecule has 3 N–H and O–H groups in total. The zero-order valence-electron chi connectivity index (χ0n) is 11.5. The lowest BCUT2D eigenvalue weighted by molar-refractivity contribution is 0.602. The largest absolute Gasteiger partial charge is 0.383 e. The molecule has 0 spiro atoms. The van der Waals surface area contributed by atoms with Crippen LogP contribution in [0.3, 0.4) is 0 Å². The van der Waals surface area contributed by atoms with Crippen molar-refractivity contribution in [2.75, 3.05) is 22.6 Å². The van der Waals surface area contributed by atoms with Crippen LogP contribution < -0.4 is 11.1 Å². The minimum atomic E-state index is -2.93. The fraction of sp³-hybridized carbons (Fsp3) is 0.417. The summed E-state index contributed by atoms with van der Waals surface area (Å²) in [7, 11) is -1.18. The van der Waals surface area contributed by atoms with Crippen LogP contribution in [0.15, 0.2) is 18.5 Å². The summed E-state index contributed by atoms with van der Waals surface area (Å²) in [5.41, 5.74) is 7.30. The highest BCUT2D eigenvalue weighted by molar-refractivity contribution is 7.91. The lowest BCUT2D eigenvalue weighted by Gasteiger charge is -2.11. The molecule has 3 heterocycles. The fourth-order valence-electron chi connectivity index (χ4n) is 2.31. The van der Waals surface area contributed by atoms with E-state index < -0.39 is 9.84 Å². The number of nitrogen functional groups attached to an aromatic ring is 1. The van der Waals surface area contributed by atoms with Gasteiger partial charge in [-0.25, -0.2) is 18.4 Å². The van der Waals surface area contributed by atoms with Crippen molar-refractivity contribution in [3.63, 3.8) is 0 Å². The smallest absolute Gasteiger partial charge is 0.223 e. The van der Waals surface area contributed by atoms with Crippen LogP contribution in [0.2, 0.25) is 0 Å². The van der Waals surface area contributed by atoms with Gasteiger partial charge in [-0.2, -0.15) is 5.10 Å². The summed E-state index contributed by atoms with van der Waals surface area (Å²) >= 11 is 0. The topological polar surface area (TPSA) is 116 Å². The summed E-state index contributed by atoms with van der Waals surface area (Å²) < 4.78 is 24.5. The quantitative estimate of drug-likeness (QED) is 0.823. The Balaban J connectivity index is 1.82. The molecule has 1 unspecified atom stereocenters. The Morgan fingerprint density at radius 1 is 1.48 bits per heavy atom. The van der Waals surface area contributed by atoms with Crippen LogP contribution in [0, 0.1) is 0 Å². The molecule has 0 bridgehead atoms. The molecule has 0 amide bonds. The zero-order chi connectivity index (χ0) is 15.0. The monoisotopic (exact) mass is 308 g/mol. The molecule has 1 aliphatic heterocycles. The Hall–Kier alpha value is -2.16. The highest BCUT2D eigenvalue weighted by Gasteiger charge is 2.28. The highest BCUT2D eigenvalue weighted by Crippen LogP contribution is 2.24. The first-order chi connectivity index (χ1) is 9.94. The van der Waals surface area contributed by atoms with Gasteiger partial charge in [0.1, 0.15) is 5.82 Å². The molecule has 8 nitrogen and oxygen atoms in total. The van der Waals surface area contributed by atoms with Crippen LogP contribution in [0.25, 0.3) is 11.3 Å². The van der Waals surface area contributed by atoms with Crippen LogP contribution in [-0.2, 0) is 16.9 Å². The lowest BCUT2D eigenvalue weighted by Crippen LogP contribution is -2.22. The van der Waals surface area contributed by atoms with Crippen molar-refractivity contribution >= 4 is 21.6 Å². The summed E-state index contributed by atoms with van der Waals surface area (Å²) in [6.45, 7) is 0. The van der Waals surface area contributed by atoms with Crippen molar-refractivity contribution < 1.29 is 8.42 Å². The standard InChI is InChI=1S/C12H16N6O2S/c1-18-11(13)9(6-15-18)10-2-4-14-12(17-10)16-8-3-5-21(19,20)7-8/h2,4,6,8H,3,5,7,13H2,1H3,(H,14,16,17). The third-order valence-electron chi connectivity index (χ3n) is 3.48. The molecule has 112 valence electrons. The first-order valence-electron chi connectivity index (χ1n) is 6.52. The second-order valence-corrected chi connectivity index (χ2v) is 7.31. The van der Waals surface area contributed by atoms with Crippen molar-refractivity contribution in [2.45, 2.75) is 12.5 Å². The summed E-state index contributed by atoms with van der Waals surface area (Å²) in [6.07, 6.45) is 3.83. The van der Waals surface area contributed by atoms with E-state index in [0.29, 0.717) is 23.9 Å². The Bertz CT molecular complexity index is 770. The van der Waals surface area contributed by atoms with E-state index in [4.69, 9.17) is 5.73 Å². The maximum atomic E-state index is 11.5. The molecule has 1 atom stereocenters. The van der Waals surface area contributed by atoms with Gasteiger partial charge in [-0.15, -0.1) is 0 Å². The number of rotatable bonds is 3. The molecular weight excluding hydrogens is 292 g/mol. The Morgan fingerprint density at radius 3 is 2.90 bits per heavy atom. The zero-order valence-corrected chi connectivity index (χ0v) is 12.3. The number of nitrogens with zero attached hydrogens (tertiary/aromatic N) is 4. The van der Waals surface area contributed by atoms with E-state index in [1.807, 2.05) is 0 Å². The molecule has 21 heavy (non-hydrogen) atoms. The maximum absolute atomic E-state index is 11.5. The normalized spacial score (nSPS) is 20.5. The van der Waals surface area contributed by atoms with Crippen molar-refractivity contribution in [3.8, 4) is 11.3 Å². The van der Waals surface area contributed by atoms with Gasteiger partial charge < -0.3 is 11.1 Å². The molecular formula is C12H16N6O2S. The van der Waals surface area contributed by atoms with Crippen LogP contribution in [-0.4, -0.2) is 45.7 Å². The Kier molecular flexibility index (Phi) is 3.28. The van der Waals surface area contributed by atoms with Gasteiger partial charge >= 0.3 is 0 Å². The van der Waals surface area contributed by atoms with Gasteiger partial charge in [0.05, 0.1) is 29.0 Å². The van der Waals surface area contributed by atoms with E-state index in [2.05, 4.69) is 20.4 Å². The van der Waals surface area contributed by atoms with E-state index in [0.717, 1.165) is 5.56 Å². The maximum Gasteiger partial charge on any atom is 0.223 e. The third kappa shape index (κ3) is 2.82. The number of aromatic nitrogens is 4. The molecule has 0 aromatic carbocycles. The molecule has 0 radical (unpaired) electrons. The minimum Gasteiger partial charge on any atom is -0.383 e. The Morgan fingerprint density at radius 2 is 2.29 bits per heavy atom. The number of nitrogens with two attached hydrogens (primary N) is 1. The SMILES string of the molecule is Cn1ncc(-c2ccnc(NC3CCS(=O)(=O)C3)n2)c1N. The molecule has 3 rings (SSSR count). The van der Waals surface area contributed by atoms with E-state index in [9.17, 15) is 8.42 Å². The summed E-state index contributed by atoms with van der Waals surface area (Å²) in [4.78, 5) is 8.51. The predicted molar refractivity (Wildman–Crippen MR) is 79.3 cm³/mol. The summed E-state index contributed by atoms with van der Waals surface area (Å²) in [5, 5.41) is 7.14. The number of sulfone groups is 1. The van der Waals surface area contributed by atoms with Crippen molar-refractivity contribution in [3.05, 3.63) is 18.5 Å². The summed E-state index contributed by atoms with van der Waals surface area (Å²) in [6, 6.07) is 1.60. The molecule has 1 aliphatic rings. The van der Waals surface area contributed by atoms with Crippen molar-refractivity contribution in [1.82, 2.24) is 19.7 Å². The van der Waals surface area contributed by atoms with Gasteiger partial charge in [-0.05, 0) is 12.5 Å². The predicted octanol–water partition coefficient (Wildman–Crippen LogP) is 0.0583. The van der Waals surface area contributed by atoms with Crippen LogP contribution in [0.1, 0.15) is 6.42 Å². The molecule has 9 heteroatoms.